The Bertz CT molecular complexity index is 479. The molecule has 0 spiro atoms. The number of hydrogen-bond donors (Lipinski definition) is 3. The molecular formula is C9H9N5O2. The first-order chi connectivity index (χ1) is 7.68. The molecule has 16 heavy (non-hydrogen) atoms. The highest BCUT2D eigenvalue weighted by molar-refractivity contribution is 5.75. The van der Waals surface area contributed by atoms with Crippen molar-refractivity contribution in [2.24, 2.45) is 5.73 Å². The van der Waals surface area contributed by atoms with Crippen molar-refractivity contribution in [2.45, 2.75) is 6.04 Å². The molecule has 0 amide bonds. The molecule has 0 bridgehead atoms. The van der Waals surface area contributed by atoms with Crippen molar-refractivity contribution in [3.05, 3.63) is 29.8 Å². The summed E-state index contributed by atoms with van der Waals surface area (Å²) in [6.07, 6.45) is 0. The largest absolute Gasteiger partial charge is 0.480 e. The Morgan fingerprint density at radius 1 is 1.38 bits per heavy atom. The third kappa shape index (κ3) is 1.89. The van der Waals surface area contributed by atoms with Crippen LogP contribution in [-0.4, -0.2) is 31.7 Å². The summed E-state index contributed by atoms with van der Waals surface area (Å²) in [5.74, 6) is -0.609. The molecule has 2 rings (SSSR count). The number of H-pyrrole nitrogens is 1. The Morgan fingerprint density at radius 3 is 2.56 bits per heavy atom. The third-order valence-corrected chi connectivity index (χ3v) is 2.14. The molecule has 1 heterocycles. The zero-order valence-electron chi connectivity index (χ0n) is 8.16. The average molecular weight is 219 g/mol. The van der Waals surface area contributed by atoms with Crippen LogP contribution in [0.25, 0.3) is 11.4 Å². The molecule has 7 nitrogen and oxygen atoms in total. The lowest BCUT2D eigenvalue weighted by Gasteiger charge is -2.06. The highest BCUT2D eigenvalue weighted by atomic mass is 16.4. The molecule has 82 valence electrons. The van der Waals surface area contributed by atoms with Gasteiger partial charge in [-0.1, -0.05) is 24.3 Å². The maximum atomic E-state index is 10.6. The lowest BCUT2D eigenvalue weighted by Crippen LogP contribution is -2.20. The standard InChI is InChI=1S/C9H9N5O2/c10-7(9(15)16)5-1-3-6(4-2-5)8-11-13-14-12-8/h1-4,7H,10H2,(H,15,16)(H,11,12,13,14)/t7-/m1/s1. The van der Waals surface area contributed by atoms with E-state index >= 15 is 0 Å². The third-order valence-electron chi connectivity index (χ3n) is 2.14. The Balaban J connectivity index is 2.26. The van der Waals surface area contributed by atoms with E-state index in [1.54, 1.807) is 24.3 Å². The number of carbonyl (C=O) groups is 1. The van der Waals surface area contributed by atoms with E-state index in [1.165, 1.54) is 0 Å². The zero-order valence-corrected chi connectivity index (χ0v) is 8.16. The van der Waals surface area contributed by atoms with E-state index in [2.05, 4.69) is 20.6 Å². The predicted octanol–water partition coefficient (Wildman–Crippen LogP) is -0.0489. The van der Waals surface area contributed by atoms with Crippen molar-refractivity contribution in [2.75, 3.05) is 0 Å². The Kier molecular flexibility index (Phi) is 2.61. The van der Waals surface area contributed by atoms with Gasteiger partial charge in [-0.2, -0.15) is 5.21 Å². The molecule has 0 unspecified atom stereocenters. The van der Waals surface area contributed by atoms with Crippen molar-refractivity contribution in [3.63, 3.8) is 0 Å². The summed E-state index contributed by atoms with van der Waals surface area (Å²) in [4.78, 5) is 10.6. The number of tetrazole rings is 1. The molecule has 0 aliphatic heterocycles. The number of nitrogens with one attached hydrogen (secondary N) is 1. The normalized spacial score (nSPS) is 12.3. The van der Waals surface area contributed by atoms with Crippen LogP contribution in [0.3, 0.4) is 0 Å². The van der Waals surface area contributed by atoms with Crippen LogP contribution < -0.4 is 5.73 Å². The van der Waals surface area contributed by atoms with Crippen LogP contribution in [0.1, 0.15) is 11.6 Å². The lowest BCUT2D eigenvalue weighted by molar-refractivity contribution is -0.138. The summed E-state index contributed by atoms with van der Waals surface area (Å²) in [5.41, 5.74) is 6.73. The monoisotopic (exact) mass is 219 g/mol. The Labute approximate surface area is 90.3 Å². The molecular weight excluding hydrogens is 210 g/mol. The second kappa shape index (κ2) is 4.07. The molecule has 0 saturated carbocycles. The zero-order chi connectivity index (χ0) is 11.5. The van der Waals surface area contributed by atoms with E-state index in [0.717, 1.165) is 5.56 Å². The van der Waals surface area contributed by atoms with E-state index in [0.29, 0.717) is 11.4 Å². The SMILES string of the molecule is N[C@@H](C(=O)O)c1ccc(-c2nn[nH]n2)cc1. The molecule has 4 N–H and O–H groups in total. The van der Waals surface area contributed by atoms with Gasteiger partial charge in [0.15, 0.2) is 0 Å². The number of nitrogens with two attached hydrogens (primary N) is 1. The number of carboxylic acid groups (broad SMARTS) is 1. The van der Waals surface area contributed by atoms with Gasteiger partial charge in [-0.15, -0.1) is 10.2 Å². The highest BCUT2D eigenvalue weighted by Gasteiger charge is 2.14. The fraction of sp³-hybridized carbons (Fsp3) is 0.111. The maximum absolute atomic E-state index is 10.6. The van der Waals surface area contributed by atoms with Gasteiger partial charge in [-0.3, -0.25) is 4.79 Å². The summed E-state index contributed by atoms with van der Waals surface area (Å²) in [6, 6.07) is 5.64. The molecule has 0 saturated heterocycles. The molecule has 0 radical (unpaired) electrons. The fourth-order valence-electron chi connectivity index (χ4n) is 1.27. The second-order valence-corrected chi connectivity index (χ2v) is 3.17. The first-order valence-corrected chi connectivity index (χ1v) is 4.50. The molecule has 0 fully saturated rings. The summed E-state index contributed by atoms with van der Waals surface area (Å²) >= 11 is 0. The van der Waals surface area contributed by atoms with E-state index in [4.69, 9.17) is 10.8 Å². The number of benzene rings is 1. The number of rotatable bonds is 3. The maximum Gasteiger partial charge on any atom is 0.325 e. The summed E-state index contributed by atoms with van der Waals surface area (Å²) < 4.78 is 0. The van der Waals surface area contributed by atoms with Gasteiger partial charge in [0, 0.05) is 5.56 Å². The van der Waals surface area contributed by atoms with Gasteiger partial charge in [0.25, 0.3) is 0 Å². The van der Waals surface area contributed by atoms with E-state index in [1.807, 2.05) is 0 Å². The molecule has 1 aromatic heterocycles. The van der Waals surface area contributed by atoms with Crippen LogP contribution in [0.15, 0.2) is 24.3 Å². The summed E-state index contributed by atoms with van der Waals surface area (Å²) in [7, 11) is 0. The topological polar surface area (TPSA) is 118 Å². The van der Waals surface area contributed by atoms with Crippen LogP contribution in [-0.2, 0) is 4.79 Å². The van der Waals surface area contributed by atoms with Gasteiger partial charge in [0.2, 0.25) is 5.82 Å². The molecule has 1 atom stereocenters. The molecule has 2 aromatic rings. The quantitative estimate of drug-likeness (QED) is 0.666. The first-order valence-electron chi connectivity index (χ1n) is 4.50. The van der Waals surface area contributed by atoms with Crippen LogP contribution >= 0.6 is 0 Å². The van der Waals surface area contributed by atoms with Crippen molar-refractivity contribution in [1.82, 2.24) is 20.6 Å². The van der Waals surface area contributed by atoms with Crippen LogP contribution in [0.5, 0.6) is 0 Å². The van der Waals surface area contributed by atoms with Crippen LogP contribution in [0.2, 0.25) is 0 Å². The number of hydrogen-bond acceptors (Lipinski definition) is 5. The summed E-state index contributed by atoms with van der Waals surface area (Å²) in [6.45, 7) is 0. The number of aliphatic carboxylic acids is 1. The summed E-state index contributed by atoms with van der Waals surface area (Å²) in [5, 5.41) is 22.1. The van der Waals surface area contributed by atoms with Crippen LogP contribution in [0.4, 0.5) is 0 Å². The van der Waals surface area contributed by atoms with E-state index < -0.39 is 12.0 Å². The van der Waals surface area contributed by atoms with Gasteiger partial charge in [0.05, 0.1) is 0 Å². The lowest BCUT2D eigenvalue weighted by atomic mass is 10.1. The number of carboxylic acids is 1. The Hall–Kier alpha value is -2.28. The highest BCUT2D eigenvalue weighted by Crippen LogP contribution is 2.17. The number of aromatic nitrogens is 4. The molecule has 0 aliphatic carbocycles. The minimum absolute atomic E-state index is 0.454. The predicted molar refractivity (Wildman–Crippen MR) is 54.2 cm³/mol. The van der Waals surface area contributed by atoms with Crippen molar-refractivity contribution >= 4 is 5.97 Å². The molecule has 7 heteroatoms. The minimum atomic E-state index is -1.06. The van der Waals surface area contributed by atoms with E-state index in [-0.39, 0.29) is 0 Å². The van der Waals surface area contributed by atoms with Gasteiger partial charge in [0.1, 0.15) is 6.04 Å². The van der Waals surface area contributed by atoms with Gasteiger partial charge < -0.3 is 10.8 Å². The van der Waals surface area contributed by atoms with Gasteiger partial charge >= 0.3 is 5.97 Å². The van der Waals surface area contributed by atoms with Crippen molar-refractivity contribution in [3.8, 4) is 11.4 Å². The van der Waals surface area contributed by atoms with Gasteiger partial charge in [-0.25, -0.2) is 0 Å². The number of aromatic amines is 1. The Morgan fingerprint density at radius 2 is 2.06 bits per heavy atom. The van der Waals surface area contributed by atoms with Crippen molar-refractivity contribution < 1.29 is 9.90 Å². The fourth-order valence-corrected chi connectivity index (χ4v) is 1.27. The van der Waals surface area contributed by atoms with Crippen molar-refractivity contribution in [1.29, 1.82) is 0 Å². The smallest absolute Gasteiger partial charge is 0.325 e. The minimum Gasteiger partial charge on any atom is -0.480 e. The molecule has 1 aromatic carbocycles. The van der Waals surface area contributed by atoms with E-state index in [9.17, 15) is 4.79 Å². The van der Waals surface area contributed by atoms with Crippen LogP contribution in [0, 0.1) is 0 Å². The number of nitrogens with zero attached hydrogens (tertiary/aromatic N) is 3. The first kappa shape index (κ1) is 10.2. The van der Waals surface area contributed by atoms with Gasteiger partial charge in [-0.05, 0) is 10.8 Å². The second-order valence-electron chi connectivity index (χ2n) is 3.17. The average Bonchev–Trinajstić information content (AvgIpc) is 2.81. The molecule has 0 aliphatic rings.